The van der Waals surface area contributed by atoms with E-state index in [1.165, 1.54) is 31.4 Å². The molecule has 0 N–H and O–H groups in total. The maximum atomic E-state index is 4.83. The van der Waals surface area contributed by atoms with Crippen LogP contribution in [0.1, 0.15) is 62.5 Å². The van der Waals surface area contributed by atoms with Gasteiger partial charge in [0.05, 0.1) is 21.6 Å². The van der Waals surface area contributed by atoms with Crippen molar-refractivity contribution in [1.29, 1.82) is 0 Å². The van der Waals surface area contributed by atoms with Gasteiger partial charge in [-0.3, -0.25) is 4.98 Å². The molecule has 3 heterocycles. The number of nitrogens with zero attached hydrogens (tertiary/aromatic N) is 4. The standard InChI is InChI=1S/C18H24N4S/c1-5-7-14(8-6-2)15-9-12(3)20-18-17(13(4)21-22(15)18)16-10-19-11-23-16/h9-11,14H,5-8H2,1-4H3. The zero-order valence-electron chi connectivity index (χ0n) is 14.3. The van der Waals surface area contributed by atoms with Gasteiger partial charge in [0, 0.05) is 23.5 Å². The number of hydrogen-bond donors (Lipinski definition) is 0. The number of aromatic nitrogens is 4. The Hall–Kier alpha value is -1.75. The molecule has 4 nitrogen and oxygen atoms in total. The van der Waals surface area contributed by atoms with E-state index in [0.717, 1.165) is 27.5 Å². The molecule has 122 valence electrons. The van der Waals surface area contributed by atoms with E-state index in [9.17, 15) is 0 Å². The minimum absolute atomic E-state index is 0.544. The van der Waals surface area contributed by atoms with Gasteiger partial charge in [0.25, 0.3) is 0 Å². The van der Waals surface area contributed by atoms with Crippen LogP contribution < -0.4 is 0 Å². The summed E-state index contributed by atoms with van der Waals surface area (Å²) >= 11 is 1.65. The van der Waals surface area contributed by atoms with Crippen LogP contribution in [0.25, 0.3) is 16.1 Å². The molecular weight excluding hydrogens is 304 g/mol. The molecule has 0 aliphatic carbocycles. The summed E-state index contributed by atoms with van der Waals surface area (Å²) in [4.78, 5) is 10.2. The molecule has 0 fully saturated rings. The van der Waals surface area contributed by atoms with E-state index in [0.29, 0.717) is 5.92 Å². The van der Waals surface area contributed by atoms with Crippen LogP contribution in [0.5, 0.6) is 0 Å². The fraction of sp³-hybridized carbons (Fsp3) is 0.500. The first-order chi connectivity index (χ1) is 11.2. The van der Waals surface area contributed by atoms with Gasteiger partial charge < -0.3 is 0 Å². The summed E-state index contributed by atoms with van der Waals surface area (Å²) in [5, 5.41) is 4.83. The number of thiazole rings is 1. The summed E-state index contributed by atoms with van der Waals surface area (Å²) in [6, 6.07) is 2.21. The summed E-state index contributed by atoms with van der Waals surface area (Å²) in [5.41, 5.74) is 7.36. The first kappa shape index (κ1) is 16.1. The molecule has 5 heteroatoms. The number of rotatable bonds is 6. The Morgan fingerprint density at radius 1 is 1.17 bits per heavy atom. The number of fused-ring (bicyclic) bond motifs is 1. The van der Waals surface area contributed by atoms with Crippen LogP contribution >= 0.6 is 11.3 Å². The maximum Gasteiger partial charge on any atom is 0.164 e. The molecule has 0 aliphatic heterocycles. The average Bonchev–Trinajstić information content (AvgIpc) is 3.13. The molecule has 0 amide bonds. The zero-order valence-corrected chi connectivity index (χ0v) is 15.2. The lowest BCUT2D eigenvalue weighted by Gasteiger charge is -2.17. The summed E-state index contributed by atoms with van der Waals surface area (Å²) in [7, 11) is 0. The molecule has 0 bridgehead atoms. The van der Waals surface area contributed by atoms with Gasteiger partial charge in [-0.25, -0.2) is 9.50 Å². The van der Waals surface area contributed by atoms with Crippen LogP contribution in [0.4, 0.5) is 0 Å². The molecule has 3 aromatic heterocycles. The average molecular weight is 328 g/mol. The normalized spacial score (nSPS) is 11.7. The highest BCUT2D eigenvalue weighted by molar-refractivity contribution is 7.13. The second kappa shape index (κ2) is 6.79. The Morgan fingerprint density at radius 3 is 2.52 bits per heavy atom. The molecule has 0 spiro atoms. The monoisotopic (exact) mass is 328 g/mol. The molecule has 0 unspecified atom stereocenters. The Labute approximate surface area is 141 Å². The fourth-order valence-corrected chi connectivity index (χ4v) is 4.04. The van der Waals surface area contributed by atoms with E-state index >= 15 is 0 Å². The Morgan fingerprint density at radius 2 is 1.91 bits per heavy atom. The van der Waals surface area contributed by atoms with Crippen LogP contribution in [0.15, 0.2) is 17.8 Å². The molecule has 0 saturated heterocycles. The van der Waals surface area contributed by atoms with Crippen molar-refractivity contribution in [2.45, 2.75) is 59.3 Å². The topological polar surface area (TPSA) is 43.1 Å². The van der Waals surface area contributed by atoms with Crippen molar-refractivity contribution in [3.8, 4) is 10.4 Å². The van der Waals surface area contributed by atoms with Gasteiger partial charge in [-0.2, -0.15) is 5.10 Å². The van der Waals surface area contributed by atoms with Gasteiger partial charge in [-0.15, -0.1) is 11.3 Å². The Balaban J connectivity index is 2.22. The van der Waals surface area contributed by atoms with Gasteiger partial charge in [0.15, 0.2) is 5.65 Å². The second-order valence-electron chi connectivity index (χ2n) is 6.16. The van der Waals surface area contributed by atoms with Crippen molar-refractivity contribution in [2.75, 3.05) is 0 Å². The Kier molecular flexibility index (Phi) is 4.76. The van der Waals surface area contributed by atoms with Crippen LogP contribution in [-0.2, 0) is 0 Å². The predicted molar refractivity (Wildman–Crippen MR) is 96.1 cm³/mol. The number of aryl methyl sites for hydroxylation is 2. The lowest BCUT2D eigenvalue weighted by atomic mass is 9.94. The molecule has 23 heavy (non-hydrogen) atoms. The van der Waals surface area contributed by atoms with E-state index in [4.69, 9.17) is 10.1 Å². The minimum Gasteiger partial charge on any atom is -0.252 e. The molecule has 3 aromatic rings. The van der Waals surface area contributed by atoms with Crippen LogP contribution in [0.2, 0.25) is 0 Å². The summed E-state index contributed by atoms with van der Waals surface area (Å²) in [6.45, 7) is 8.66. The zero-order chi connectivity index (χ0) is 16.4. The van der Waals surface area contributed by atoms with Crippen molar-refractivity contribution >= 4 is 17.0 Å². The van der Waals surface area contributed by atoms with E-state index in [-0.39, 0.29) is 0 Å². The summed E-state index contributed by atoms with van der Waals surface area (Å²) < 4.78 is 2.08. The van der Waals surface area contributed by atoms with Crippen molar-refractivity contribution in [3.63, 3.8) is 0 Å². The molecule has 0 aliphatic rings. The van der Waals surface area contributed by atoms with Gasteiger partial charge in [0.1, 0.15) is 0 Å². The van der Waals surface area contributed by atoms with E-state index in [1.807, 2.05) is 11.7 Å². The van der Waals surface area contributed by atoms with Crippen LogP contribution in [0.3, 0.4) is 0 Å². The van der Waals surface area contributed by atoms with E-state index in [2.05, 4.69) is 43.3 Å². The number of hydrogen-bond acceptors (Lipinski definition) is 4. The molecule has 0 aromatic carbocycles. The summed E-state index contributed by atoms with van der Waals surface area (Å²) in [5.74, 6) is 0.544. The van der Waals surface area contributed by atoms with Crippen molar-refractivity contribution < 1.29 is 0 Å². The Bertz CT molecular complexity index is 783. The SMILES string of the molecule is CCCC(CCC)c1cc(C)nc2c(-c3cncs3)c(C)nn12. The third-order valence-electron chi connectivity index (χ3n) is 4.29. The van der Waals surface area contributed by atoms with Crippen LogP contribution in [-0.4, -0.2) is 19.6 Å². The smallest absolute Gasteiger partial charge is 0.164 e. The molecule has 0 saturated carbocycles. The predicted octanol–water partition coefficient (Wildman–Crippen LogP) is 5.15. The molecular formula is C18H24N4S. The van der Waals surface area contributed by atoms with E-state index in [1.54, 1.807) is 11.3 Å². The third-order valence-corrected chi connectivity index (χ3v) is 5.08. The fourth-order valence-electron chi connectivity index (χ4n) is 3.33. The minimum atomic E-state index is 0.544. The van der Waals surface area contributed by atoms with Gasteiger partial charge in [-0.1, -0.05) is 26.7 Å². The van der Waals surface area contributed by atoms with Gasteiger partial charge in [0.2, 0.25) is 0 Å². The van der Waals surface area contributed by atoms with Crippen molar-refractivity contribution in [3.05, 3.63) is 34.9 Å². The second-order valence-corrected chi connectivity index (χ2v) is 7.04. The maximum absolute atomic E-state index is 4.83. The highest BCUT2D eigenvalue weighted by Gasteiger charge is 2.20. The molecule has 0 atom stereocenters. The first-order valence-electron chi connectivity index (χ1n) is 8.41. The van der Waals surface area contributed by atoms with E-state index < -0.39 is 0 Å². The van der Waals surface area contributed by atoms with Crippen molar-refractivity contribution in [1.82, 2.24) is 19.6 Å². The first-order valence-corrected chi connectivity index (χ1v) is 9.29. The summed E-state index contributed by atoms with van der Waals surface area (Å²) in [6.07, 6.45) is 6.68. The quantitative estimate of drug-likeness (QED) is 0.628. The lowest BCUT2D eigenvalue weighted by molar-refractivity contribution is 0.533. The third kappa shape index (κ3) is 3.02. The lowest BCUT2D eigenvalue weighted by Crippen LogP contribution is -2.08. The highest BCUT2D eigenvalue weighted by atomic mass is 32.1. The highest BCUT2D eigenvalue weighted by Crippen LogP contribution is 2.33. The molecule has 0 radical (unpaired) electrons. The van der Waals surface area contributed by atoms with Crippen LogP contribution in [0, 0.1) is 13.8 Å². The van der Waals surface area contributed by atoms with Gasteiger partial charge >= 0.3 is 0 Å². The molecule has 3 rings (SSSR count). The van der Waals surface area contributed by atoms with Gasteiger partial charge in [-0.05, 0) is 32.8 Å². The largest absolute Gasteiger partial charge is 0.252 e. The van der Waals surface area contributed by atoms with Crippen molar-refractivity contribution in [2.24, 2.45) is 0 Å².